The number of benzene rings is 2. The van der Waals surface area contributed by atoms with Crippen molar-refractivity contribution in [3.63, 3.8) is 0 Å². The van der Waals surface area contributed by atoms with E-state index in [0.29, 0.717) is 22.5 Å². The molecule has 0 aliphatic rings. The zero-order valence-corrected chi connectivity index (χ0v) is 16.8. The van der Waals surface area contributed by atoms with Gasteiger partial charge in [0, 0.05) is 23.3 Å². The highest BCUT2D eigenvalue weighted by Crippen LogP contribution is 2.35. The summed E-state index contributed by atoms with van der Waals surface area (Å²) in [4.78, 5) is 12.3. The Balaban J connectivity index is 1.79. The molecular formula is C22H16N4O3S. The first-order valence-electron chi connectivity index (χ1n) is 8.97. The topological polar surface area (TPSA) is 106 Å². The fourth-order valence-electron chi connectivity index (χ4n) is 3.22. The summed E-state index contributed by atoms with van der Waals surface area (Å²) in [5.74, 6) is 0.339. The number of nitriles is 1. The first-order chi connectivity index (χ1) is 14.5. The molecule has 0 amide bonds. The lowest BCUT2D eigenvalue weighted by atomic mass is 9.99. The standard InChI is InChI=1S/C22H16N4O3S/c1-29-22-10-15(12-23)2-4-20(22)18-7-9-25-21-11-17(3-5-19(18)21)30(27,28)13-16-6-8-24-14-26-16/h2-11,14H,13H2,1H3. The van der Waals surface area contributed by atoms with Gasteiger partial charge >= 0.3 is 0 Å². The van der Waals surface area contributed by atoms with E-state index in [4.69, 9.17) is 10.00 Å². The summed E-state index contributed by atoms with van der Waals surface area (Å²) in [6, 6.07) is 15.6. The Morgan fingerprint density at radius 2 is 1.87 bits per heavy atom. The molecule has 0 saturated heterocycles. The number of hydrogen-bond donors (Lipinski definition) is 0. The maximum atomic E-state index is 12.8. The minimum atomic E-state index is -3.60. The predicted molar refractivity (Wildman–Crippen MR) is 111 cm³/mol. The average molecular weight is 416 g/mol. The maximum Gasteiger partial charge on any atom is 0.184 e. The van der Waals surface area contributed by atoms with Crippen LogP contribution in [0.1, 0.15) is 11.3 Å². The fraction of sp³-hybridized carbons (Fsp3) is 0.0909. The number of fused-ring (bicyclic) bond motifs is 1. The van der Waals surface area contributed by atoms with Gasteiger partial charge in [-0.15, -0.1) is 0 Å². The van der Waals surface area contributed by atoms with Crippen LogP contribution in [-0.4, -0.2) is 30.5 Å². The Hall–Kier alpha value is -3.83. The van der Waals surface area contributed by atoms with E-state index >= 15 is 0 Å². The number of methoxy groups -OCH3 is 1. The van der Waals surface area contributed by atoms with Crippen molar-refractivity contribution in [1.82, 2.24) is 15.0 Å². The summed E-state index contributed by atoms with van der Waals surface area (Å²) in [7, 11) is -2.05. The van der Waals surface area contributed by atoms with Crippen molar-refractivity contribution in [2.45, 2.75) is 10.6 Å². The van der Waals surface area contributed by atoms with Crippen LogP contribution in [0.4, 0.5) is 0 Å². The summed E-state index contributed by atoms with van der Waals surface area (Å²) in [6.45, 7) is 0. The minimum absolute atomic E-state index is 0.171. The van der Waals surface area contributed by atoms with E-state index in [1.807, 2.05) is 12.1 Å². The van der Waals surface area contributed by atoms with Gasteiger partial charge in [-0.1, -0.05) is 6.07 Å². The van der Waals surface area contributed by atoms with Gasteiger partial charge in [-0.05, 0) is 48.0 Å². The highest BCUT2D eigenvalue weighted by Gasteiger charge is 2.18. The van der Waals surface area contributed by atoms with Crippen LogP contribution < -0.4 is 4.74 Å². The van der Waals surface area contributed by atoms with E-state index < -0.39 is 9.84 Å². The Morgan fingerprint density at radius 3 is 2.60 bits per heavy atom. The number of hydrogen-bond acceptors (Lipinski definition) is 7. The molecule has 8 heteroatoms. The molecule has 0 fully saturated rings. The molecule has 4 aromatic rings. The van der Waals surface area contributed by atoms with Gasteiger partial charge in [-0.25, -0.2) is 18.4 Å². The minimum Gasteiger partial charge on any atom is -0.496 e. The van der Waals surface area contributed by atoms with Crippen molar-refractivity contribution in [1.29, 1.82) is 5.26 Å². The van der Waals surface area contributed by atoms with Crippen molar-refractivity contribution in [3.05, 3.63) is 78.5 Å². The van der Waals surface area contributed by atoms with E-state index in [2.05, 4.69) is 21.0 Å². The number of aromatic nitrogens is 3. The van der Waals surface area contributed by atoms with Crippen LogP contribution in [0.5, 0.6) is 5.75 Å². The smallest absolute Gasteiger partial charge is 0.184 e. The average Bonchev–Trinajstić information content (AvgIpc) is 2.78. The molecule has 0 N–H and O–H groups in total. The van der Waals surface area contributed by atoms with Crippen LogP contribution in [0.25, 0.3) is 22.0 Å². The third-order valence-corrected chi connectivity index (χ3v) is 6.32. The van der Waals surface area contributed by atoms with Crippen LogP contribution in [0.3, 0.4) is 0 Å². The van der Waals surface area contributed by atoms with Crippen LogP contribution >= 0.6 is 0 Å². The molecule has 2 heterocycles. The zero-order chi connectivity index (χ0) is 21.1. The Morgan fingerprint density at radius 1 is 1.00 bits per heavy atom. The van der Waals surface area contributed by atoms with Crippen molar-refractivity contribution in [3.8, 4) is 22.9 Å². The second-order valence-electron chi connectivity index (χ2n) is 6.52. The molecule has 7 nitrogen and oxygen atoms in total. The molecule has 0 saturated carbocycles. The lowest BCUT2D eigenvalue weighted by Crippen LogP contribution is -2.06. The van der Waals surface area contributed by atoms with Gasteiger partial charge in [0.15, 0.2) is 9.84 Å². The van der Waals surface area contributed by atoms with Gasteiger partial charge in [0.1, 0.15) is 12.1 Å². The third-order valence-electron chi connectivity index (χ3n) is 4.68. The van der Waals surface area contributed by atoms with E-state index in [0.717, 1.165) is 16.5 Å². The van der Waals surface area contributed by atoms with Gasteiger partial charge in [0.05, 0.1) is 40.6 Å². The molecule has 0 atom stereocenters. The maximum absolute atomic E-state index is 12.8. The largest absolute Gasteiger partial charge is 0.496 e. The Kier molecular flexibility index (Phi) is 5.12. The van der Waals surface area contributed by atoms with E-state index in [1.165, 1.54) is 12.5 Å². The van der Waals surface area contributed by atoms with Gasteiger partial charge in [0.2, 0.25) is 0 Å². The number of pyridine rings is 1. The first kappa shape index (κ1) is 19.5. The lowest BCUT2D eigenvalue weighted by molar-refractivity contribution is 0.416. The van der Waals surface area contributed by atoms with Crippen LogP contribution in [0.15, 0.2) is 72.1 Å². The van der Waals surface area contributed by atoms with E-state index in [-0.39, 0.29) is 10.6 Å². The molecule has 2 aromatic heterocycles. The molecule has 0 aliphatic heterocycles. The van der Waals surface area contributed by atoms with Gasteiger partial charge in [-0.3, -0.25) is 4.98 Å². The highest BCUT2D eigenvalue weighted by molar-refractivity contribution is 7.90. The lowest BCUT2D eigenvalue weighted by Gasteiger charge is -2.12. The SMILES string of the molecule is COc1cc(C#N)ccc1-c1ccnc2cc(S(=O)(=O)Cc3ccncn3)ccc12. The second-order valence-corrected chi connectivity index (χ2v) is 8.51. The normalized spacial score (nSPS) is 11.2. The molecule has 0 unspecified atom stereocenters. The zero-order valence-electron chi connectivity index (χ0n) is 16.0. The number of sulfone groups is 1. The first-order valence-corrected chi connectivity index (χ1v) is 10.6. The molecule has 0 bridgehead atoms. The van der Waals surface area contributed by atoms with Crippen LogP contribution in [-0.2, 0) is 15.6 Å². The monoisotopic (exact) mass is 416 g/mol. The van der Waals surface area contributed by atoms with Crippen LogP contribution in [0, 0.1) is 11.3 Å². The van der Waals surface area contributed by atoms with Crippen molar-refractivity contribution in [2.75, 3.05) is 7.11 Å². The quantitative estimate of drug-likeness (QED) is 0.490. The number of nitrogens with zero attached hydrogens (tertiary/aromatic N) is 4. The van der Waals surface area contributed by atoms with Crippen molar-refractivity contribution >= 4 is 20.7 Å². The molecule has 0 aliphatic carbocycles. The molecule has 2 aromatic carbocycles. The fourth-order valence-corrected chi connectivity index (χ4v) is 4.51. The summed E-state index contributed by atoms with van der Waals surface area (Å²) in [5, 5.41) is 9.90. The Bertz CT molecular complexity index is 1380. The van der Waals surface area contributed by atoms with E-state index in [9.17, 15) is 8.42 Å². The van der Waals surface area contributed by atoms with Gasteiger partial charge in [0.25, 0.3) is 0 Å². The van der Waals surface area contributed by atoms with Crippen molar-refractivity contribution in [2.24, 2.45) is 0 Å². The van der Waals surface area contributed by atoms with Gasteiger partial charge < -0.3 is 4.74 Å². The highest BCUT2D eigenvalue weighted by atomic mass is 32.2. The van der Waals surface area contributed by atoms with E-state index in [1.54, 1.807) is 49.7 Å². The molecule has 0 radical (unpaired) electrons. The molecule has 148 valence electrons. The summed E-state index contributed by atoms with van der Waals surface area (Å²) < 4.78 is 31.1. The third kappa shape index (κ3) is 3.71. The Labute approximate surface area is 173 Å². The molecule has 30 heavy (non-hydrogen) atoms. The summed E-state index contributed by atoms with van der Waals surface area (Å²) >= 11 is 0. The predicted octanol–water partition coefficient (Wildman–Crippen LogP) is 3.55. The van der Waals surface area contributed by atoms with Gasteiger partial charge in [-0.2, -0.15) is 5.26 Å². The molecular weight excluding hydrogens is 400 g/mol. The molecule has 4 rings (SSSR count). The second kappa shape index (κ2) is 7.89. The summed E-state index contributed by atoms with van der Waals surface area (Å²) in [5.41, 5.74) is 3.09. The summed E-state index contributed by atoms with van der Waals surface area (Å²) in [6.07, 6.45) is 4.46. The van der Waals surface area contributed by atoms with Crippen molar-refractivity contribution < 1.29 is 13.2 Å². The number of ether oxygens (including phenoxy) is 1. The van der Waals surface area contributed by atoms with Crippen LogP contribution in [0.2, 0.25) is 0 Å². The molecule has 0 spiro atoms. The number of rotatable bonds is 5.